The summed E-state index contributed by atoms with van der Waals surface area (Å²) in [6.07, 6.45) is 6.42. The molecule has 0 saturated carbocycles. The van der Waals surface area contributed by atoms with Crippen molar-refractivity contribution < 1.29 is 5.11 Å². The van der Waals surface area contributed by atoms with Crippen molar-refractivity contribution in [1.29, 1.82) is 0 Å². The van der Waals surface area contributed by atoms with Gasteiger partial charge in [0.2, 0.25) is 0 Å². The average Bonchev–Trinajstić information content (AvgIpc) is 2.32. The zero-order valence-corrected chi connectivity index (χ0v) is 7.45. The molecule has 3 rings (SSSR count). The van der Waals surface area contributed by atoms with Crippen LogP contribution in [0.1, 0.15) is 32.1 Å². The molecule has 3 heterocycles. The Labute approximate surface area is 73.6 Å². The first-order valence-corrected chi connectivity index (χ1v) is 5.30. The van der Waals surface area contributed by atoms with Crippen molar-refractivity contribution in [2.75, 3.05) is 6.54 Å². The van der Waals surface area contributed by atoms with E-state index < -0.39 is 0 Å². The van der Waals surface area contributed by atoms with Crippen molar-refractivity contribution in [3.05, 3.63) is 0 Å². The van der Waals surface area contributed by atoms with Crippen molar-refractivity contribution in [2.24, 2.45) is 5.92 Å². The van der Waals surface area contributed by atoms with Gasteiger partial charge < -0.3 is 5.11 Å². The Morgan fingerprint density at radius 3 is 2.75 bits per heavy atom. The fourth-order valence-corrected chi connectivity index (χ4v) is 3.61. The van der Waals surface area contributed by atoms with Gasteiger partial charge in [-0.25, -0.2) is 0 Å². The lowest BCUT2D eigenvalue weighted by atomic mass is 9.81. The van der Waals surface area contributed by atoms with E-state index in [-0.39, 0.29) is 6.10 Å². The van der Waals surface area contributed by atoms with E-state index in [1.165, 1.54) is 25.7 Å². The maximum absolute atomic E-state index is 9.81. The van der Waals surface area contributed by atoms with E-state index in [1.807, 2.05) is 0 Å². The Bertz CT molecular complexity index is 194. The summed E-state index contributed by atoms with van der Waals surface area (Å²) in [5.41, 5.74) is 0. The monoisotopic (exact) mass is 167 g/mol. The molecule has 2 nitrogen and oxygen atoms in total. The topological polar surface area (TPSA) is 23.5 Å². The normalized spacial score (nSPS) is 57.2. The summed E-state index contributed by atoms with van der Waals surface area (Å²) in [5, 5.41) is 9.81. The van der Waals surface area contributed by atoms with Gasteiger partial charge in [-0.2, -0.15) is 0 Å². The van der Waals surface area contributed by atoms with E-state index in [4.69, 9.17) is 0 Å². The molecule has 3 saturated heterocycles. The van der Waals surface area contributed by atoms with Gasteiger partial charge in [-0.3, -0.25) is 4.90 Å². The number of hydrogen-bond acceptors (Lipinski definition) is 2. The second kappa shape index (κ2) is 2.46. The van der Waals surface area contributed by atoms with Gasteiger partial charge in [0.25, 0.3) is 0 Å². The van der Waals surface area contributed by atoms with Gasteiger partial charge in [-0.1, -0.05) is 0 Å². The molecule has 0 aromatic heterocycles. The number of piperidine rings is 2. The Kier molecular flexibility index (Phi) is 1.50. The Morgan fingerprint density at radius 2 is 1.83 bits per heavy atom. The third kappa shape index (κ3) is 0.826. The summed E-state index contributed by atoms with van der Waals surface area (Å²) in [7, 11) is 0. The first-order chi connectivity index (χ1) is 5.86. The SMILES string of the molecule is OC1CCN2C3CCC1C2CC3. The van der Waals surface area contributed by atoms with Crippen LogP contribution in [-0.4, -0.2) is 34.7 Å². The molecule has 4 bridgehead atoms. The quantitative estimate of drug-likeness (QED) is 0.581. The summed E-state index contributed by atoms with van der Waals surface area (Å²) in [4.78, 5) is 2.67. The first-order valence-electron chi connectivity index (χ1n) is 5.30. The average molecular weight is 167 g/mol. The molecule has 5 unspecified atom stereocenters. The largest absolute Gasteiger partial charge is 0.393 e. The zero-order valence-electron chi connectivity index (χ0n) is 7.45. The third-order valence-corrected chi connectivity index (χ3v) is 4.20. The lowest BCUT2D eigenvalue weighted by molar-refractivity contribution is -0.0420. The van der Waals surface area contributed by atoms with Crippen molar-refractivity contribution in [2.45, 2.75) is 50.3 Å². The Morgan fingerprint density at radius 1 is 1.00 bits per heavy atom. The van der Waals surface area contributed by atoms with Crippen LogP contribution in [-0.2, 0) is 0 Å². The van der Waals surface area contributed by atoms with Crippen molar-refractivity contribution >= 4 is 0 Å². The third-order valence-electron chi connectivity index (χ3n) is 4.20. The molecule has 3 aliphatic heterocycles. The van der Waals surface area contributed by atoms with Gasteiger partial charge in [0.05, 0.1) is 6.10 Å². The fourth-order valence-electron chi connectivity index (χ4n) is 3.61. The molecule has 68 valence electrons. The second-order valence-corrected chi connectivity index (χ2v) is 4.63. The molecule has 0 radical (unpaired) electrons. The number of aliphatic hydroxyl groups excluding tert-OH is 1. The highest BCUT2D eigenvalue weighted by atomic mass is 16.3. The highest BCUT2D eigenvalue weighted by Gasteiger charge is 2.47. The van der Waals surface area contributed by atoms with Crippen molar-refractivity contribution in [3.8, 4) is 0 Å². The minimum Gasteiger partial charge on any atom is -0.393 e. The molecule has 0 aromatic rings. The molecular weight excluding hydrogens is 150 g/mol. The van der Waals surface area contributed by atoms with Crippen LogP contribution in [0.5, 0.6) is 0 Å². The van der Waals surface area contributed by atoms with E-state index >= 15 is 0 Å². The summed E-state index contributed by atoms with van der Waals surface area (Å²) < 4.78 is 0. The van der Waals surface area contributed by atoms with Gasteiger partial charge in [0.15, 0.2) is 0 Å². The lowest BCUT2D eigenvalue weighted by Gasteiger charge is -2.46. The molecule has 3 fully saturated rings. The van der Waals surface area contributed by atoms with Crippen LogP contribution in [0.4, 0.5) is 0 Å². The lowest BCUT2D eigenvalue weighted by Crippen LogP contribution is -2.53. The molecule has 12 heavy (non-hydrogen) atoms. The number of rotatable bonds is 0. The summed E-state index contributed by atoms with van der Waals surface area (Å²) in [6.45, 7) is 1.16. The summed E-state index contributed by atoms with van der Waals surface area (Å²) in [5.74, 6) is 0.623. The van der Waals surface area contributed by atoms with Gasteiger partial charge in [-0.15, -0.1) is 0 Å². The van der Waals surface area contributed by atoms with Crippen LogP contribution >= 0.6 is 0 Å². The van der Waals surface area contributed by atoms with Crippen LogP contribution in [0.25, 0.3) is 0 Å². The van der Waals surface area contributed by atoms with Crippen LogP contribution in [0.15, 0.2) is 0 Å². The smallest absolute Gasteiger partial charge is 0.0595 e. The van der Waals surface area contributed by atoms with Gasteiger partial charge in [-0.05, 0) is 32.1 Å². The highest BCUT2D eigenvalue weighted by molar-refractivity contribution is 5.01. The van der Waals surface area contributed by atoms with E-state index in [0.29, 0.717) is 5.92 Å². The summed E-state index contributed by atoms with van der Waals surface area (Å²) in [6, 6.07) is 1.64. The van der Waals surface area contributed by atoms with Gasteiger partial charge >= 0.3 is 0 Å². The molecule has 0 amide bonds. The standard InChI is InChI=1S/C10H17NO/c12-10-5-6-11-7-1-3-8(10)9(11)4-2-7/h7-10,12H,1-6H2. The second-order valence-electron chi connectivity index (χ2n) is 4.63. The molecule has 5 atom stereocenters. The summed E-state index contributed by atoms with van der Waals surface area (Å²) >= 11 is 0. The van der Waals surface area contributed by atoms with Crippen molar-refractivity contribution in [1.82, 2.24) is 4.90 Å². The Balaban J connectivity index is 1.90. The minimum absolute atomic E-state index is 0.0188. The maximum atomic E-state index is 9.81. The van der Waals surface area contributed by atoms with Crippen LogP contribution < -0.4 is 0 Å². The molecule has 2 heteroatoms. The zero-order chi connectivity index (χ0) is 8.13. The molecule has 3 aliphatic rings. The van der Waals surface area contributed by atoms with E-state index in [9.17, 15) is 5.11 Å². The van der Waals surface area contributed by atoms with E-state index in [2.05, 4.69) is 4.90 Å². The molecule has 1 N–H and O–H groups in total. The highest BCUT2D eigenvalue weighted by Crippen LogP contribution is 2.43. The van der Waals surface area contributed by atoms with Crippen molar-refractivity contribution in [3.63, 3.8) is 0 Å². The van der Waals surface area contributed by atoms with Gasteiger partial charge in [0.1, 0.15) is 0 Å². The molecular formula is C10H17NO. The van der Waals surface area contributed by atoms with E-state index in [1.54, 1.807) is 0 Å². The number of nitrogens with zero attached hydrogens (tertiary/aromatic N) is 1. The van der Waals surface area contributed by atoms with Gasteiger partial charge in [0, 0.05) is 24.5 Å². The van der Waals surface area contributed by atoms with Crippen LogP contribution in [0.2, 0.25) is 0 Å². The van der Waals surface area contributed by atoms with Crippen LogP contribution in [0.3, 0.4) is 0 Å². The van der Waals surface area contributed by atoms with Crippen LogP contribution in [0, 0.1) is 5.92 Å². The maximum Gasteiger partial charge on any atom is 0.0595 e. The number of aliphatic hydroxyl groups is 1. The predicted molar refractivity (Wildman–Crippen MR) is 46.9 cm³/mol. The Hall–Kier alpha value is -0.0800. The first kappa shape index (κ1) is 7.34. The molecule has 0 aromatic carbocycles. The number of hydrogen-bond donors (Lipinski definition) is 1. The molecule has 0 spiro atoms. The minimum atomic E-state index is 0.0188. The predicted octanol–water partition coefficient (Wildman–Crippen LogP) is 0.994. The fraction of sp³-hybridized carbons (Fsp3) is 1.00. The molecule has 0 aliphatic carbocycles. The van der Waals surface area contributed by atoms with E-state index in [0.717, 1.165) is 25.0 Å².